The van der Waals surface area contributed by atoms with Crippen molar-refractivity contribution in [2.24, 2.45) is 5.73 Å². The number of benzene rings is 1. The predicted octanol–water partition coefficient (Wildman–Crippen LogP) is 1.84. The smallest absolute Gasteiger partial charge is 0.251 e. The van der Waals surface area contributed by atoms with E-state index in [9.17, 15) is 9.59 Å². The average Bonchev–Trinajstić information content (AvgIpc) is 2.36. The van der Waals surface area contributed by atoms with Crippen molar-refractivity contribution >= 4 is 40.2 Å². The van der Waals surface area contributed by atoms with Crippen LogP contribution in [0.2, 0.25) is 0 Å². The number of hydrogen-bond donors (Lipinski definition) is 3. The van der Waals surface area contributed by atoms with Gasteiger partial charge >= 0.3 is 0 Å². The molecular formula is C14H21BrClN3O2. The lowest BCUT2D eigenvalue weighted by atomic mass is 10.1. The first kappa shape index (κ1) is 19.9. The number of hydrogen-bond acceptors (Lipinski definition) is 3. The van der Waals surface area contributed by atoms with E-state index in [1.54, 1.807) is 24.3 Å². The maximum atomic E-state index is 11.8. The molecule has 0 fully saturated rings. The molecule has 0 saturated carbocycles. The van der Waals surface area contributed by atoms with Crippen LogP contribution in [0.4, 0.5) is 0 Å². The SMILES string of the molecule is CC(C)(N)CNC(=O)CCNC(=O)c1ccc(Br)cc1.Cl. The van der Waals surface area contributed by atoms with Crippen molar-refractivity contribution in [3.8, 4) is 0 Å². The van der Waals surface area contributed by atoms with E-state index in [1.807, 2.05) is 13.8 Å². The summed E-state index contributed by atoms with van der Waals surface area (Å²) in [6.07, 6.45) is 0.234. The zero-order chi connectivity index (χ0) is 15.2. The van der Waals surface area contributed by atoms with Crippen molar-refractivity contribution in [2.45, 2.75) is 25.8 Å². The van der Waals surface area contributed by atoms with Crippen LogP contribution >= 0.6 is 28.3 Å². The molecule has 21 heavy (non-hydrogen) atoms. The normalized spacial score (nSPS) is 10.5. The third-order valence-corrected chi connectivity index (χ3v) is 3.01. The summed E-state index contributed by atoms with van der Waals surface area (Å²) >= 11 is 3.30. The van der Waals surface area contributed by atoms with Crippen LogP contribution < -0.4 is 16.4 Å². The highest BCUT2D eigenvalue weighted by atomic mass is 79.9. The Kier molecular flexibility index (Phi) is 8.54. The van der Waals surface area contributed by atoms with E-state index in [2.05, 4.69) is 26.6 Å². The second-order valence-electron chi connectivity index (χ2n) is 5.28. The molecule has 0 aliphatic rings. The van der Waals surface area contributed by atoms with E-state index in [-0.39, 0.29) is 30.6 Å². The lowest BCUT2D eigenvalue weighted by molar-refractivity contribution is -0.121. The molecule has 4 N–H and O–H groups in total. The maximum Gasteiger partial charge on any atom is 0.251 e. The van der Waals surface area contributed by atoms with Gasteiger partial charge in [0, 0.05) is 35.1 Å². The number of carbonyl (C=O) groups excluding carboxylic acids is 2. The van der Waals surface area contributed by atoms with Gasteiger partial charge in [0.25, 0.3) is 5.91 Å². The molecule has 1 aromatic rings. The molecule has 1 rings (SSSR count). The number of rotatable bonds is 6. The minimum Gasteiger partial charge on any atom is -0.354 e. The molecule has 2 amide bonds. The Morgan fingerprint density at radius 1 is 1.19 bits per heavy atom. The minimum absolute atomic E-state index is 0. The first-order valence-electron chi connectivity index (χ1n) is 6.37. The molecule has 1 aromatic carbocycles. The van der Waals surface area contributed by atoms with Crippen LogP contribution in [0, 0.1) is 0 Å². The monoisotopic (exact) mass is 377 g/mol. The van der Waals surface area contributed by atoms with Gasteiger partial charge in [0.1, 0.15) is 0 Å². The fourth-order valence-electron chi connectivity index (χ4n) is 1.41. The highest BCUT2D eigenvalue weighted by Crippen LogP contribution is 2.10. The molecule has 0 aliphatic carbocycles. The fraction of sp³-hybridized carbons (Fsp3) is 0.429. The molecule has 0 atom stereocenters. The van der Waals surface area contributed by atoms with Crippen LogP contribution in [0.1, 0.15) is 30.6 Å². The van der Waals surface area contributed by atoms with Crippen molar-refractivity contribution < 1.29 is 9.59 Å². The fourth-order valence-corrected chi connectivity index (χ4v) is 1.67. The molecule has 5 nitrogen and oxygen atoms in total. The Morgan fingerprint density at radius 3 is 2.29 bits per heavy atom. The van der Waals surface area contributed by atoms with E-state index in [4.69, 9.17) is 5.73 Å². The van der Waals surface area contributed by atoms with Gasteiger partial charge < -0.3 is 16.4 Å². The molecule has 0 heterocycles. The number of nitrogens with two attached hydrogens (primary N) is 1. The summed E-state index contributed by atoms with van der Waals surface area (Å²) in [4.78, 5) is 23.3. The Hall–Kier alpha value is -1.11. The molecule has 0 spiro atoms. The molecule has 0 bridgehead atoms. The van der Waals surface area contributed by atoms with E-state index in [0.717, 1.165) is 4.47 Å². The minimum atomic E-state index is -0.434. The lowest BCUT2D eigenvalue weighted by Crippen LogP contribution is -2.45. The maximum absolute atomic E-state index is 11.8. The van der Waals surface area contributed by atoms with Crippen molar-refractivity contribution in [2.75, 3.05) is 13.1 Å². The Balaban J connectivity index is 0.00000400. The van der Waals surface area contributed by atoms with Gasteiger partial charge in [-0.1, -0.05) is 15.9 Å². The lowest BCUT2D eigenvalue weighted by Gasteiger charge is -2.18. The molecule has 0 aromatic heterocycles. The van der Waals surface area contributed by atoms with Gasteiger partial charge in [0.15, 0.2) is 0 Å². The summed E-state index contributed by atoms with van der Waals surface area (Å²) in [6.45, 7) is 4.38. The molecule has 0 radical (unpaired) electrons. The average molecular weight is 379 g/mol. The summed E-state index contributed by atoms with van der Waals surface area (Å²) in [5.74, 6) is -0.316. The van der Waals surface area contributed by atoms with Gasteiger partial charge in [-0.15, -0.1) is 12.4 Å². The molecule has 118 valence electrons. The molecule has 0 saturated heterocycles. The van der Waals surface area contributed by atoms with E-state index in [1.165, 1.54) is 0 Å². The van der Waals surface area contributed by atoms with Crippen molar-refractivity contribution in [1.82, 2.24) is 10.6 Å². The molecule has 0 aliphatic heterocycles. The van der Waals surface area contributed by atoms with Gasteiger partial charge in [0.05, 0.1) is 0 Å². The number of nitrogens with one attached hydrogen (secondary N) is 2. The summed E-state index contributed by atoms with van der Waals surface area (Å²) in [5.41, 5.74) is 5.89. The Bertz CT molecular complexity index is 472. The molecular weight excluding hydrogens is 358 g/mol. The van der Waals surface area contributed by atoms with Gasteiger partial charge in [-0.25, -0.2) is 0 Å². The van der Waals surface area contributed by atoms with Gasteiger partial charge in [-0.05, 0) is 38.1 Å². The van der Waals surface area contributed by atoms with Crippen molar-refractivity contribution in [1.29, 1.82) is 0 Å². The second-order valence-corrected chi connectivity index (χ2v) is 6.19. The number of carbonyl (C=O) groups is 2. The Morgan fingerprint density at radius 2 is 1.76 bits per heavy atom. The van der Waals surface area contributed by atoms with Crippen LogP contribution in [-0.4, -0.2) is 30.4 Å². The van der Waals surface area contributed by atoms with Gasteiger partial charge in [0.2, 0.25) is 5.91 Å². The van der Waals surface area contributed by atoms with Crippen molar-refractivity contribution in [3.63, 3.8) is 0 Å². The third-order valence-electron chi connectivity index (χ3n) is 2.49. The van der Waals surface area contributed by atoms with Gasteiger partial charge in [-0.3, -0.25) is 9.59 Å². The van der Waals surface area contributed by atoms with Crippen molar-refractivity contribution in [3.05, 3.63) is 34.3 Å². The topological polar surface area (TPSA) is 84.2 Å². The van der Waals surface area contributed by atoms with E-state index in [0.29, 0.717) is 18.7 Å². The van der Waals surface area contributed by atoms with Crippen LogP contribution in [0.3, 0.4) is 0 Å². The van der Waals surface area contributed by atoms with Crippen LogP contribution in [0.25, 0.3) is 0 Å². The summed E-state index contributed by atoms with van der Waals surface area (Å²) in [6, 6.07) is 7.03. The quantitative estimate of drug-likeness (QED) is 0.706. The summed E-state index contributed by atoms with van der Waals surface area (Å²) in [7, 11) is 0. The highest BCUT2D eigenvalue weighted by molar-refractivity contribution is 9.10. The predicted molar refractivity (Wildman–Crippen MR) is 89.6 cm³/mol. The summed E-state index contributed by atoms with van der Waals surface area (Å²) < 4.78 is 0.915. The molecule has 7 heteroatoms. The first-order chi connectivity index (χ1) is 9.28. The number of amides is 2. The van der Waals surface area contributed by atoms with Crippen LogP contribution in [0.5, 0.6) is 0 Å². The zero-order valence-electron chi connectivity index (χ0n) is 12.1. The van der Waals surface area contributed by atoms with E-state index < -0.39 is 5.54 Å². The highest BCUT2D eigenvalue weighted by Gasteiger charge is 2.12. The number of halogens is 2. The van der Waals surface area contributed by atoms with Gasteiger partial charge in [-0.2, -0.15) is 0 Å². The molecule has 0 unspecified atom stereocenters. The third kappa shape index (κ3) is 8.70. The van der Waals surface area contributed by atoms with Crippen LogP contribution in [0.15, 0.2) is 28.7 Å². The Labute approximate surface area is 139 Å². The van der Waals surface area contributed by atoms with Crippen LogP contribution in [-0.2, 0) is 4.79 Å². The largest absolute Gasteiger partial charge is 0.354 e. The zero-order valence-corrected chi connectivity index (χ0v) is 14.5. The second kappa shape index (κ2) is 9.02. The standard InChI is InChI=1S/C14H20BrN3O2.ClH/c1-14(2,16)9-18-12(19)7-8-17-13(20)10-3-5-11(15)6-4-10;/h3-6H,7-9,16H2,1-2H3,(H,17,20)(H,18,19);1H. The first-order valence-corrected chi connectivity index (χ1v) is 7.16. The van der Waals surface area contributed by atoms with E-state index >= 15 is 0 Å². The summed E-state index contributed by atoms with van der Waals surface area (Å²) in [5, 5.41) is 5.42.